The zero-order valence-corrected chi connectivity index (χ0v) is 12.6. The van der Waals surface area contributed by atoms with E-state index in [0.29, 0.717) is 12.5 Å². The van der Waals surface area contributed by atoms with Gasteiger partial charge in [0.2, 0.25) is 0 Å². The first-order chi connectivity index (χ1) is 9.56. The topological polar surface area (TPSA) is 35.5 Å². The third-order valence-electron chi connectivity index (χ3n) is 3.52. The number of ether oxygens (including phenoxy) is 2. The van der Waals surface area contributed by atoms with Crippen LogP contribution in [0.2, 0.25) is 0 Å². The average molecular weight is 276 g/mol. The summed E-state index contributed by atoms with van der Waals surface area (Å²) in [4.78, 5) is 11.8. The molecule has 1 aliphatic rings. The summed E-state index contributed by atoms with van der Waals surface area (Å²) in [7, 11) is 0. The van der Waals surface area contributed by atoms with Crippen molar-refractivity contribution in [3.05, 3.63) is 29.3 Å². The van der Waals surface area contributed by atoms with Crippen LogP contribution in [0.4, 0.5) is 0 Å². The molecular weight excluding hydrogens is 252 g/mol. The summed E-state index contributed by atoms with van der Waals surface area (Å²) in [5, 5.41) is 0. The first kappa shape index (κ1) is 14.9. The monoisotopic (exact) mass is 276 g/mol. The predicted molar refractivity (Wildman–Crippen MR) is 79.0 cm³/mol. The molecule has 1 aliphatic carbocycles. The number of fused-ring (bicyclic) bond motifs is 1. The normalized spacial score (nSPS) is 15.6. The van der Waals surface area contributed by atoms with Crippen LogP contribution in [0.15, 0.2) is 18.2 Å². The highest BCUT2D eigenvalue weighted by molar-refractivity contribution is 5.74. The van der Waals surface area contributed by atoms with E-state index < -0.39 is 6.10 Å². The van der Waals surface area contributed by atoms with Crippen LogP contribution in [0.25, 0.3) is 0 Å². The van der Waals surface area contributed by atoms with E-state index in [1.807, 2.05) is 19.9 Å². The first-order valence-electron chi connectivity index (χ1n) is 7.51. The molecule has 0 spiro atoms. The highest BCUT2D eigenvalue weighted by Crippen LogP contribution is 2.25. The van der Waals surface area contributed by atoms with Gasteiger partial charge in [-0.3, -0.25) is 0 Å². The van der Waals surface area contributed by atoms with E-state index in [9.17, 15) is 4.79 Å². The molecule has 1 aromatic carbocycles. The number of hydrogen-bond acceptors (Lipinski definition) is 3. The van der Waals surface area contributed by atoms with Crippen LogP contribution in [0, 0.1) is 5.92 Å². The van der Waals surface area contributed by atoms with Crippen LogP contribution in [0.3, 0.4) is 0 Å². The number of esters is 1. The summed E-state index contributed by atoms with van der Waals surface area (Å²) in [6, 6.07) is 6.15. The Kier molecular flexibility index (Phi) is 5.05. The van der Waals surface area contributed by atoms with E-state index in [2.05, 4.69) is 12.1 Å². The highest BCUT2D eigenvalue weighted by Gasteiger charge is 2.18. The standard InChI is InChI=1S/C17H24O3/c1-12(2)11-19-17(18)13(3)20-16-9-8-14-6-4-5-7-15(14)10-16/h8-10,12-13H,4-7,11H2,1-3H3. The van der Waals surface area contributed by atoms with E-state index in [-0.39, 0.29) is 5.97 Å². The van der Waals surface area contributed by atoms with Crippen LogP contribution in [-0.2, 0) is 22.4 Å². The average Bonchev–Trinajstić information content (AvgIpc) is 2.44. The van der Waals surface area contributed by atoms with Crippen molar-refractivity contribution in [1.82, 2.24) is 0 Å². The fourth-order valence-electron chi connectivity index (χ4n) is 2.40. The molecule has 3 nitrogen and oxygen atoms in total. The molecule has 2 rings (SSSR count). The molecule has 0 aromatic heterocycles. The smallest absolute Gasteiger partial charge is 0.347 e. The largest absolute Gasteiger partial charge is 0.479 e. The first-order valence-corrected chi connectivity index (χ1v) is 7.51. The summed E-state index contributed by atoms with van der Waals surface area (Å²) in [6.07, 6.45) is 4.21. The van der Waals surface area contributed by atoms with Gasteiger partial charge in [-0.05, 0) is 61.8 Å². The van der Waals surface area contributed by atoms with Crippen molar-refractivity contribution in [2.45, 2.75) is 52.6 Å². The Morgan fingerprint density at radius 3 is 2.55 bits per heavy atom. The zero-order chi connectivity index (χ0) is 14.5. The SMILES string of the molecule is CC(C)COC(=O)C(C)Oc1ccc2c(c1)CCCC2. The number of rotatable bonds is 5. The van der Waals surface area contributed by atoms with Crippen molar-refractivity contribution in [2.75, 3.05) is 6.61 Å². The van der Waals surface area contributed by atoms with E-state index >= 15 is 0 Å². The maximum atomic E-state index is 11.8. The van der Waals surface area contributed by atoms with Crippen molar-refractivity contribution in [1.29, 1.82) is 0 Å². The number of benzene rings is 1. The lowest BCUT2D eigenvalue weighted by Gasteiger charge is -2.19. The third-order valence-corrected chi connectivity index (χ3v) is 3.52. The Bertz CT molecular complexity index is 465. The molecule has 110 valence electrons. The summed E-state index contributed by atoms with van der Waals surface area (Å²) in [6.45, 7) is 6.21. The Balaban J connectivity index is 1.93. The predicted octanol–water partition coefficient (Wildman–Crippen LogP) is 3.53. The second-order valence-electron chi connectivity index (χ2n) is 5.92. The summed E-state index contributed by atoms with van der Waals surface area (Å²) in [5.74, 6) is 0.811. The quantitative estimate of drug-likeness (QED) is 0.772. The molecule has 1 aromatic rings. The summed E-state index contributed by atoms with van der Waals surface area (Å²) < 4.78 is 10.9. The summed E-state index contributed by atoms with van der Waals surface area (Å²) >= 11 is 0. The minimum atomic E-state index is -0.560. The Labute approximate surface area is 121 Å². The van der Waals surface area contributed by atoms with Gasteiger partial charge in [0.1, 0.15) is 5.75 Å². The van der Waals surface area contributed by atoms with Gasteiger partial charge < -0.3 is 9.47 Å². The second-order valence-corrected chi connectivity index (χ2v) is 5.92. The van der Waals surface area contributed by atoms with Gasteiger partial charge >= 0.3 is 5.97 Å². The van der Waals surface area contributed by atoms with Crippen LogP contribution in [0.5, 0.6) is 5.75 Å². The third kappa shape index (κ3) is 3.99. The Morgan fingerprint density at radius 2 is 1.85 bits per heavy atom. The lowest BCUT2D eigenvalue weighted by atomic mass is 9.92. The second kappa shape index (κ2) is 6.78. The number of aryl methyl sites for hydroxylation is 2. The molecule has 0 N–H and O–H groups in total. The van der Waals surface area contributed by atoms with Gasteiger partial charge in [-0.15, -0.1) is 0 Å². The lowest BCUT2D eigenvalue weighted by molar-refractivity contribution is -0.152. The van der Waals surface area contributed by atoms with Gasteiger partial charge in [0.25, 0.3) is 0 Å². The molecule has 20 heavy (non-hydrogen) atoms. The molecule has 0 saturated carbocycles. The molecule has 1 atom stereocenters. The molecular formula is C17H24O3. The van der Waals surface area contributed by atoms with Gasteiger partial charge in [0, 0.05) is 0 Å². The van der Waals surface area contributed by atoms with Crippen LogP contribution in [-0.4, -0.2) is 18.7 Å². The Hall–Kier alpha value is -1.51. The zero-order valence-electron chi connectivity index (χ0n) is 12.6. The maximum Gasteiger partial charge on any atom is 0.347 e. The van der Waals surface area contributed by atoms with Crippen molar-refractivity contribution in [3.63, 3.8) is 0 Å². The molecule has 0 radical (unpaired) electrons. The molecule has 0 bridgehead atoms. The van der Waals surface area contributed by atoms with Crippen molar-refractivity contribution < 1.29 is 14.3 Å². The molecule has 0 heterocycles. The van der Waals surface area contributed by atoms with E-state index in [1.165, 1.54) is 24.0 Å². The minimum absolute atomic E-state index is 0.295. The molecule has 0 fully saturated rings. The van der Waals surface area contributed by atoms with Gasteiger partial charge in [0.05, 0.1) is 6.61 Å². The molecule has 0 aliphatic heterocycles. The lowest BCUT2D eigenvalue weighted by Crippen LogP contribution is -2.27. The van der Waals surface area contributed by atoms with Crippen LogP contribution in [0.1, 0.15) is 44.7 Å². The number of hydrogen-bond donors (Lipinski definition) is 0. The van der Waals surface area contributed by atoms with Gasteiger partial charge in [-0.2, -0.15) is 0 Å². The summed E-state index contributed by atoms with van der Waals surface area (Å²) in [5.41, 5.74) is 2.77. The Morgan fingerprint density at radius 1 is 1.15 bits per heavy atom. The van der Waals surface area contributed by atoms with Crippen molar-refractivity contribution in [2.24, 2.45) is 5.92 Å². The van der Waals surface area contributed by atoms with Crippen molar-refractivity contribution >= 4 is 5.97 Å². The number of carbonyl (C=O) groups is 1. The molecule has 0 saturated heterocycles. The van der Waals surface area contributed by atoms with E-state index in [1.54, 1.807) is 6.92 Å². The van der Waals surface area contributed by atoms with Gasteiger partial charge in [-0.1, -0.05) is 19.9 Å². The van der Waals surface area contributed by atoms with E-state index in [4.69, 9.17) is 9.47 Å². The number of carbonyl (C=O) groups excluding carboxylic acids is 1. The molecule has 3 heteroatoms. The fraction of sp³-hybridized carbons (Fsp3) is 0.588. The van der Waals surface area contributed by atoms with Crippen LogP contribution < -0.4 is 4.74 Å². The fourth-order valence-corrected chi connectivity index (χ4v) is 2.40. The highest BCUT2D eigenvalue weighted by atomic mass is 16.6. The van der Waals surface area contributed by atoms with Crippen molar-refractivity contribution in [3.8, 4) is 5.75 Å². The van der Waals surface area contributed by atoms with Gasteiger partial charge in [-0.25, -0.2) is 4.79 Å². The maximum absolute atomic E-state index is 11.8. The molecule has 1 unspecified atom stereocenters. The minimum Gasteiger partial charge on any atom is -0.479 e. The van der Waals surface area contributed by atoms with Crippen LogP contribution >= 0.6 is 0 Å². The van der Waals surface area contributed by atoms with Gasteiger partial charge in [0.15, 0.2) is 6.10 Å². The molecule has 0 amide bonds. The van der Waals surface area contributed by atoms with E-state index in [0.717, 1.165) is 18.6 Å².